The minimum atomic E-state index is -2.69. The van der Waals surface area contributed by atoms with Crippen LogP contribution in [0, 0.1) is 0 Å². The van der Waals surface area contributed by atoms with E-state index in [0.717, 1.165) is 0 Å². The van der Waals surface area contributed by atoms with Gasteiger partial charge in [0.2, 0.25) is 6.29 Å². The first-order chi connectivity index (χ1) is 5.55. The summed E-state index contributed by atoms with van der Waals surface area (Å²) in [6, 6.07) is 0. The van der Waals surface area contributed by atoms with Gasteiger partial charge < -0.3 is 24.8 Å². The summed E-state index contributed by atoms with van der Waals surface area (Å²) in [5.41, 5.74) is 0. The molecule has 0 aliphatic carbocycles. The Kier molecular flexibility index (Phi) is 1.64. The van der Waals surface area contributed by atoms with E-state index in [9.17, 15) is 4.39 Å². The molecule has 2 bridgehead atoms. The maximum atomic E-state index is 13.4. The third-order valence-corrected chi connectivity index (χ3v) is 2.22. The summed E-state index contributed by atoms with van der Waals surface area (Å²) in [5.74, 6) is -2.69. The average Bonchev–Trinajstić information content (AvgIpc) is 2.04. The summed E-state index contributed by atoms with van der Waals surface area (Å²) in [6.45, 7) is -0.161. The number of aliphatic hydroxyl groups is 3. The summed E-state index contributed by atoms with van der Waals surface area (Å²) >= 11 is 0. The highest BCUT2D eigenvalue weighted by Crippen LogP contribution is 2.38. The van der Waals surface area contributed by atoms with Crippen LogP contribution >= 0.6 is 0 Å². The van der Waals surface area contributed by atoms with Gasteiger partial charge in [0.05, 0.1) is 6.61 Å². The fourth-order valence-electron chi connectivity index (χ4n) is 1.43. The lowest BCUT2D eigenvalue weighted by atomic mass is 9.94. The van der Waals surface area contributed by atoms with Gasteiger partial charge in [0, 0.05) is 0 Å². The van der Waals surface area contributed by atoms with Crippen molar-refractivity contribution < 1.29 is 29.2 Å². The molecule has 3 aliphatic heterocycles. The van der Waals surface area contributed by atoms with Gasteiger partial charge in [-0.3, -0.25) is 0 Å². The number of halogens is 1. The highest BCUT2D eigenvalue weighted by atomic mass is 19.2. The van der Waals surface area contributed by atoms with Crippen LogP contribution in [0.3, 0.4) is 0 Å². The second-order valence-electron chi connectivity index (χ2n) is 2.97. The van der Waals surface area contributed by atoms with Gasteiger partial charge in [0.25, 0.3) is 5.85 Å². The Morgan fingerprint density at radius 1 is 1.33 bits per heavy atom. The van der Waals surface area contributed by atoms with E-state index < -0.39 is 30.5 Å². The van der Waals surface area contributed by atoms with Gasteiger partial charge >= 0.3 is 0 Å². The molecule has 3 rings (SSSR count). The molecule has 0 amide bonds. The molecule has 0 aromatic heterocycles. The molecular formula is C6H9FO5. The summed E-state index contributed by atoms with van der Waals surface area (Å²) in [6.07, 6.45) is -5.77. The Morgan fingerprint density at radius 2 is 2.00 bits per heavy atom. The second-order valence-corrected chi connectivity index (χ2v) is 2.97. The minimum absolute atomic E-state index is 0.161. The molecule has 12 heavy (non-hydrogen) atoms. The van der Waals surface area contributed by atoms with E-state index in [-0.39, 0.29) is 6.61 Å². The molecule has 0 saturated carbocycles. The monoisotopic (exact) mass is 180 g/mol. The van der Waals surface area contributed by atoms with Crippen LogP contribution in [0.1, 0.15) is 0 Å². The molecule has 5 atom stereocenters. The molecule has 6 heteroatoms. The van der Waals surface area contributed by atoms with Crippen LogP contribution in [0.4, 0.5) is 4.39 Å². The molecule has 70 valence electrons. The first kappa shape index (κ1) is 8.33. The van der Waals surface area contributed by atoms with Crippen LogP contribution in [0.5, 0.6) is 0 Å². The van der Waals surface area contributed by atoms with Gasteiger partial charge in [-0.1, -0.05) is 0 Å². The topological polar surface area (TPSA) is 79.2 Å². The van der Waals surface area contributed by atoms with Crippen molar-refractivity contribution in [1.82, 2.24) is 0 Å². The van der Waals surface area contributed by atoms with Crippen molar-refractivity contribution in [2.45, 2.75) is 30.5 Å². The van der Waals surface area contributed by atoms with Crippen molar-refractivity contribution in [2.24, 2.45) is 0 Å². The van der Waals surface area contributed by atoms with E-state index in [1.807, 2.05) is 0 Å². The second kappa shape index (κ2) is 2.36. The average molecular weight is 180 g/mol. The predicted molar refractivity (Wildman–Crippen MR) is 32.7 cm³/mol. The van der Waals surface area contributed by atoms with Crippen LogP contribution in [0.15, 0.2) is 0 Å². The Morgan fingerprint density at radius 3 is 2.50 bits per heavy atom. The Hall–Kier alpha value is -0.270. The standard InChI is InChI=1S/C6H9FO5/c7-6-4(9)3(8)2(1-11-6)12-5(6)10/h2-5,8-10H,1H2/t2-,3+,4+,5?,6+/m1/s1. The number of aliphatic hydroxyl groups excluding tert-OH is 3. The lowest BCUT2D eigenvalue weighted by molar-refractivity contribution is -0.427. The van der Waals surface area contributed by atoms with Crippen LogP contribution in [0.25, 0.3) is 0 Å². The zero-order valence-corrected chi connectivity index (χ0v) is 6.05. The zero-order chi connectivity index (χ0) is 8.93. The molecule has 3 aliphatic rings. The van der Waals surface area contributed by atoms with Gasteiger partial charge in [-0.05, 0) is 0 Å². The first-order valence-electron chi connectivity index (χ1n) is 3.58. The molecule has 3 fully saturated rings. The maximum absolute atomic E-state index is 13.4. The van der Waals surface area contributed by atoms with Crippen molar-refractivity contribution in [3.05, 3.63) is 0 Å². The van der Waals surface area contributed by atoms with E-state index in [1.54, 1.807) is 0 Å². The SMILES string of the molecule is OC1O[C@@H]2CO[C@@]1(F)[C@@H](O)[C@H]2O. The van der Waals surface area contributed by atoms with Crippen molar-refractivity contribution >= 4 is 0 Å². The first-order valence-corrected chi connectivity index (χ1v) is 3.58. The van der Waals surface area contributed by atoms with Gasteiger partial charge in [-0.25, -0.2) is 4.39 Å². The van der Waals surface area contributed by atoms with E-state index in [0.29, 0.717) is 0 Å². The normalized spacial score (nSPS) is 59.0. The molecule has 3 N–H and O–H groups in total. The molecule has 0 radical (unpaired) electrons. The summed E-state index contributed by atoms with van der Waals surface area (Å²) in [4.78, 5) is 0. The van der Waals surface area contributed by atoms with Crippen LogP contribution in [-0.2, 0) is 9.47 Å². The van der Waals surface area contributed by atoms with Gasteiger partial charge in [-0.15, -0.1) is 0 Å². The number of ether oxygens (including phenoxy) is 2. The number of fused-ring (bicyclic) bond motifs is 3. The zero-order valence-electron chi connectivity index (χ0n) is 6.05. The molecule has 0 spiro atoms. The van der Waals surface area contributed by atoms with E-state index in [4.69, 9.17) is 15.3 Å². The van der Waals surface area contributed by atoms with Crippen molar-refractivity contribution in [2.75, 3.05) is 6.61 Å². The Bertz CT molecular complexity index is 200. The minimum Gasteiger partial charge on any atom is -0.387 e. The number of hydrogen-bond acceptors (Lipinski definition) is 5. The molecule has 5 nitrogen and oxygen atoms in total. The largest absolute Gasteiger partial charge is 0.387 e. The maximum Gasteiger partial charge on any atom is 0.289 e. The molecule has 1 unspecified atom stereocenters. The Labute approximate surface area is 67.3 Å². The summed E-state index contributed by atoms with van der Waals surface area (Å²) in [7, 11) is 0. The lowest BCUT2D eigenvalue weighted by Crippen LogP contribution is -2.70. The van der Waals surface area contributed by atoms with E-state index in [2.05, 4.69) is 9.47 Å². The van der Waals surface area contributed by atoms with E-state index in [1.165, 1.54) is 0 Å². The van der Waals surface area contributed by atoms with Gasteiger partial charge in [-0.2, -0.15) is 0 Å². The third-order valence-electron chi connectivity index (χ3n) is 2.22. The number of alkyl halides is 1. The Balaban J connectivity index is 2.28. The molecule has 0 aromatic rings. The molecule has 3 heterocycles. The summed E-state index contributed by atoms with van der Waals surface area (Å²) in [5, 5.41) is 27.2. The van der Waals surface area contributed by atoms with Crippen molar-refractivity contribution in [3.63, 3.8) is 0 Å². The summed E-state index contributed by atoms with van der Waals surface area (Å²) < 4.78 is 22.5. The predicted octanol–water partition coefficient (Wildman–Crippen LogP) is -1.88. The number of hydrogen-bond donors (Lipinski definition) is 3. The molecule has 3 saturated heterocycles. The molecular weight excluding hydrogens is 171 g/mol. The fraction of sp³-hybridized carbons (Fsp3) is 1.00. The molecule has 0 aromatic carbocycles. The highest BCUT2D eigenvalue weighted by Gasteiger charge is 2.61. The quantitative estimate of drug-likeness (QED) is 0.406. The van der Waals surface area contributed by atoms with Crippen LogP contribution < -0.4 is 0 Å². The van der Waals surface area contributed by atoms with E-state index >= 15 is 0 Å². The van der Waals surface area contributed by atoms with Gasteiger partial charge in [0.15, 0.2) is 0 Å². The van der Waals surface area contributed by atoms with Crippen molar-refractivity contribution in [1.29, 1.82) is 0 Å². The highest BCUT2D eigenvalue weighted by molar-refractivity contribution is 4.99. The number of rotatable bonds is 0. The van der Waals surface area contributed by atoms with Crippen molar-refractivity contribution in [3.8, 4) is 0 Å². The van der Waals surface area contributed by atoms with Crippen LogP contribution in [0.2, 0.25) is 0 Å². The van der Waals surface area contributed by atoms with Gasteiger partial charge in [0.1, 0.15) is 18.3 Å². The fourth-order valence-corrected chi connectivity index (χ4v) is 1.43. The third kappa shape index (κ3) is 0.839. The lowest BCUT2D eigenvalue weighted by Gasteiger charge is -2.49. The van der Waals surface area contributed by atoms with Crippen LogP contribution in [-0.4, -0.2) is 52.4 Å². The smallest absolute Gasteiger partial charge is 0.289 e.